The molecule has 1 aromatic rings. The highest BCUT2D eigenvalue weighted by molar-refractivity contribution is 5.46. The van der Waals surface area contributed by atoms with Crippen LogP contribution in [0, 0.1) is 0 Å². The molecule has 0 unspecified atom stereocenters. The number of anilines is 1. The minimum atomic E-state index is 0.623. The Morgan fingerprint density at radius 1 is 1.27 bits per heavy atom. The quantitative estimate of drug-likeness (QED) is 0.750. The molecule has 0 saturated heterocycles. The van der Waals surface area contributed by atoms with E-state index in [4.69, 9.17) is 5.73 Å². The van der Waals surface area contributed by atoms with Crippen LogP contribution in [-0.2, 0) is 6.42 Å². The third-order valence-corrected chi connectivity index (χ3v) is 2.89. The first-order valence-corrected chi connectivity index (χ1v) is 5.65. The Morgan fingerprint density at radius 3 is 2.53 bits per heavy atom. The number of para-hydroxylation sites is 1. The van der Waals surface area contributed by atoms with E-state index in [1.807, 2.05) is 12.1 Å². The second kappa shape index (κ2) is 5.76. The van der Waals surface area contributed by atoms with E-state index >= 15 is 0 Å². The summed E-state index contributed by atoms with van der Waals surface area (Å²) in [5, 5.41) is 0. The monoisotopic (exact) mass is 206 g/mol. The molecule has 15 heavy (non-hydrogen) atoms. The predicted octanol–water partition coefficient (Wildman–Crippen LogP) is 2.54. The molecule has 0 bridgehead atoms. The Kier molecular flexibility index (Phi) is 4.63. The van der Waals surface area contributed by atoms with E-state index in [1.165, 1.54) is 12.0 Å². The van der Waals surface area contributed by atoms with Crippen molar-refractivity contribution in [3.05, 3.63) is 29.8 Å². The molecule has 2 heteroatoms. The number of benzene rings is 1. The van der Waals surface area contributed by atoms with E-state index in [1.54, 1.807) is 0 Å². The molecular weight excluding hydrogens is 184 g/mol. The normalized spacial score (nSPS) is 11.3. The average molecular weight is 206 g/mol. The molecule has 0 amide bonds. The maximum absolute atomic E-state index is 5.88. The predicted molar refractivity (Wildman–Crippen MR) is 66.9 cm³/mol. The maximum Gasteiger partial charge on any atom is 0.0346 e. The summed E-state index contributed by atoms with van der Waals surface area (Å²) in [5.41, 5.74) is 8.08. The van der Waals surface area contributed by atoms with E-state index in [-0.39, 0.29) is 0 Å². The Hall–Kier alpha value is -1.02. The largest absolute Gasteiger partial charge is 0.399 e. The topological polar surface area (TPSA) is 29.3 Å². The first-order valence-electron chi connectivity index (χ1n) is 5.65. The number of hydrogen-bond acceptors (Lipinski definition) is 2. The van der Waals surface area contributed by atoms with Crippen molar-refractivity contribution in [3.63, 3.8) is 0 Å². The Bertz CT molecular complexity index is 294. The summed E-state index contributed by atoms with van der Waals surface area (Å²) in [6.45, 7) is 5.57. The number of rotatable bonds is 5. The van der Waals surface area contributed by atoms with Gasteiger partial charge in [0.05, 0.1) is 0 Å². The van der Waals surface area contributed by atoms with Crippen LogP contribution < -0.4 is 5.73 Å². The van der Waals surface area contributed by atoms with E-state index in [9.17, 15) is 0 Å². The van der Waals surface area contributed by atoms with Crippen LogP contribution in [0.5, 0.6) is 0 Å². The minimum absolute atomic E-state index is 0.623. The molecule has 1 rings (SSSR count). The zero-order valence-corrected chi connectivity index (χ0v) is 10.0. The summed E-state index contributed by atoms with van der Waals surface area (Å²) in [6, 6.07) is 8.75. The lowest BCUT2D eigenvalue weighted by Gasteiger charge is -2.20. The molecule has 0 fully saturated rings. The average Bonchev–Trinajstić information content (AvgIpc) is 2.20. The Balaban J connectivity index is 2.35. The molecule has 1 aromatic carbocycles. The van der Waals surface area contributed by atoms with Gasteiger partial charge in [-0.1, -0.05) is 18.2 Å². The summed E-state index contributed by atoms with van der Waals surface area (Å²) in [6.07, 6.45) is 2.24. The lowest BCUT2D eigenvalue weighted by Crippen LogP contribution is -2.27. The molecule has 0 atom stereocenters. The van der Waals surface area contributed by atoms with E-state index < -0.39 is 0 Å². The van der Waals surface area contributed by atoms with Crippen molar-refractivity contribution >= 4 is 5.69 Å². The van der Waals surface area contributed by atoms with Gasteiger partial charge in [0.2, 0.25) is 0 Å². The van der Waals surface area contributed by atoms with Gasteiger partial charge in [-0.3, -0.25) is 0 Å². The zero-order valence-electron chi connectivity index (χ0n) is 10.0. The molecule has 2 nitrogen and oxygen atoms in total. The highest BCUT2D eigenvalue weighted by atomic mass is 15.1. The van der Waals surface area contributed by atoms with Crippen LogP contribution in [0.3, 0.4) is 0 Å². The Morgan fingerprint density at radius 2 is 1.93 bits per heavy atom. The van der Waals surface area contributed by atoms with Crippen molar-refractivity contribution in [1.29, 1.82) is 0 Å². The van der Waals surface area contributed by atoms with Gasteiger partial charge >= 0.3 is 0 Å². The third kappa shape index (κ3) is 3.92. The molecular formula is C13H22N2. The van der Waals surface area contributed by atoms with Gasteiger partial charge in [-0.05, 0) is 51.9 Å². The van der Waals surface area contributed by atoms with E-state index in [0.717, 1.165) is 18.7 Å². The third-order valence-electron chi connectivity index (χ3n) is 2.89. The van der Waals surface area contributed by atoms with Crippen molar-refractivity contribution < 1.29 is 0 Å². The number of nitrogens with zero attached hydrogens (tertiary/aromatic N) is 1. The van der Waals surface area contributed by atoms with Crippen LogP contribution in [0.1, 0.15) is 25.8 Å². The number of hydrogen-bond donors (Lipinski definition) is 1. The van der Waals surface area contributed by atoms with Gasteiger partial charge in [-0.2, -0.15) is 0 Å². The van der Waals surface area contributed by atoms with Gasteiger partial charge < -0.3 is 10.6 Å². The van der Waals surface area contributed by atoms with Gasteiger partial charge in [0.15, 0.2) is 0 Å². The maximum atomic E-state index is 5.88. The molecule has 0 saturated carbocycles. The molecule has 0 radical (unpaired) electrons. The summed E-state index contributed by atoms with van der Waals surface area (Å²) in [5.74, 6) is 0. The van der Waals surface area contributed by atoms with Crippen molar-refractivity contribution in [3.8, 4) is 0 Å². The van der Waals surface area contributed by atoms with Crippen molar-refractivity contribution in [1.82, 2.24) is 4.90 Å². The van der Waals surface area contributed by atoms with Crippen molar-refractivity contribution in [2.24, 2.45) is 0 Å². The van der Waals surface area contributed by atoms with Crippen LogP contribution in [0.25, 0.3) is 0 Å². The Labute approximate surface area is 93.1 Å². The molecule has 0 aliphatic rings. The molecule has 0 spiro atoms. The van der Waals surface area contributed by atoms with Crippen LogP contribution >= 0.6 is 0 Å². The zero-order chi connectivity index (χ0) is 11.3. The number of nitrogen functional groups attached to an aromatic ring is 1. The number of aryl methyl sites for hydroxylation is 1. The lowest BCUT2D eigenvalue weighted by atomic mass is 10.1. The second-order valence-corrected chi connectivity index (χ2v) is 4.38. The summed E-state index contributed by atoms with van der Waals surface area (Å²) in [4.78, 5) is 2.36. The van der Waals surface area contributed by atoms with Gasteiger partial charge in [0, 0.05) is 11.7 Å². The molecule has 0 aromatic heterocycles. The van der Waals surface area contributed by atoms with Crippen molar-refractivity contribution in [2.75, 3.05) is 19.3 Å². The van der Waals surface area contributed by atoms with E-state index in [0.29, 0.717) is 6.04 Å². The standard InChI is InChI=1S/C13H22N2/c1-11(2)15(3)10-6-8-12-7-4-5-9-13(12)14/h4-5,7,9,11H,6,8,10,14H2,1-3H3. The molecule has 0 aliphatic heterocycles. The first-order chi connectivity index (χ1) is 7.11. The summed E-state index contributed by atoms with van der Waals surface area (Å²) in [7, 11) is 2.17. The molecule has 2 N–H and O–H groups in total. The van der Waals surface area contributed by atoms with Gasteiger partial charge in [-0.15, -0.1) is 0 Å². The van der Waals surface area contributed by atoms with Crippen LogP contribution in [-0.4, -0.2) is 24.5 Å². The summed E-state index contributed by atoms with van der Waals surface area (Å²) >= 11 is 0. The van der Waals surface area contributed by atoms with Crippen molar-refractivity contribution in [2.45, 2.75) is 32.7 Å². The van der Waals surface area contributed by atoms with Crippen LogP contribution in [0.15, 0.2) is 24.3 Å². The molecule has 0 aliphatic carbocycles. The minimum Gasteiger partial charge on any atom is -0.399 e. The molecule has 84 valence electrons. The molecule has 0 heterocycles. The second-order valence-electron chi connectivity index (χ2n) is 4.38. The van der Waals surface area contributed by atoms with Gasteiger partial charge in [0.1, 0.15) is 0 Å². The summed E-state index contributed by atoms with van der Waals surface area (Å²) < 4.78 is 0. The van der Waals surface area contributed by atoms with Crippen LogP contribution in [0.4, 0.5) is 5.69 Å². The first kappa shape index (κ1) is 12.1. The van der Waals surface area contributed by atoms with Gasteiger partial charge in [-0.25, -0.2) is 0 Å². The SMILES string of the molecule is CC(C)N(C)CCCc1ccccc1N. The lowest BCUT2D eigenvalue weighted by molar-refractivity contribution is 0.271. The fraction of sp³-hybridized carbons (Fsp3) is 0.538. The highest BCUT2D eigenvalue weighted by Crippen LogP contribution is 2.12. The fourth-order valence-corrected chi connectivity index (χ4v) is 1.54. The number of nitrogens with two attached hydrogens (primary N) is 1. The van der Waals surface area contributed by atoms with Gasteiger partial charge in [0.25, 0.3) is 0 Å². The smallest absolute Gasteiger partial charge is 0.0346 e. The van der Waals surface area contributed by atoms with E-state index in [2.05, 4.69) is 37.9 Å². The highest BCUT2D eigenvalue weighted by Gasteiger charge is 2.03. The fourth-order valence-electron chi connectivity index (χ4n) is 1.54. The van der Waals surface area contributed by atoms with Crippen LogP contribution in [0.2, 0.25) is 0 Å².